The van der Waals surface area contributed by atoms with E-state index in [2.05, 4.69) is 10.3 Å². The first-order chi connectivity index (χ1) is 13.2. The molecule has 4 rings (SSSR count). The third-order valence-corrected chi connectivity index (χ3v) is 5.37. The van der Waals surface area contributed by atoms with Crippen molar-refractivity contribution in [3.8, 4) is 5.75 Å². The second kappa shape index (κ2) is 8.05. The standard InChI is InChI=1S/C21H26N4O2/c1-15-5-2-3-7-19(15)27-12-9-20(26)25-11-4-6-18(25)21-23-14-16-13-22-10-8-17(16)24-21/h2-3,5,7,14,18,22H,4,6,8-13H2,1H3. The largest absolute Gasteiger partial charge is 0.493 e. The van der Waals surface area contributed by atoms with Gasteiger partial charge in [-0.1, -0.05) is 18.2 Å². The lowest BCUT2D eigenvalue weighted by Crippen LogP contribution is -2.33. The van der Waals surface area contributed by atoms with Crippen LogP contribution in [0.25, 0.3) is 0 Å². The number of aromatic nitrogens is 2. The van der Waals surface area contributed by atoms with E-state index in [1.807, 2.05) is 42.3 Å². The third-order valence-electron chi connectivity index (χ3n) is 5.37. The molecule has 2 aromatic rings. The molecule has 0 saturated carbocycles. The molecule has 1 aromatic heterocycles. The molecular formula is C21H26N4O2. The van der Waals surface area contributed by atoms with Gasteiger partial charge in [-0.25, -0.2) is 9.97 Å². The van der Waals surface area contributed by atoms with Crippen LogP contribution in [-0.2, 0) is 17.8 Å². The van der Waals surface area contributed by atoms with E-state index in [9.17, 15) is 4.79 Å². The monoisotopic (exact) mass is 366 g/mol. The first-order valence-corrected chi connectivity index (χ1v) is 9.75. The molecule has 0 bridgehead atoms. The maximum Gasteiger partial charge on any atom is 0.226 e. The molecule has 0 spiro atoms. The first-order valence-electron chi connectivity index (χ1n) is 9.75. The van der Waals surface area contributed by atoms with Crippen molar-refractivity contribution in [3.05, 3.63) is 53.1 Å². The van der Waals surface area contributed by atoms with Crippen LogP contribution in [0.15, 0.2) is 30.5 Å². The van der Waals surface area contributed by atoms with Gasteiger partial charge < -0.3 is 15.0 Å². The summed E-state index contributed by atoms with van der Waals surface area (Å²) in [4.78, 5) is 24.1. The van der Waals surface area contributed by atoms with E-state index < -0.39 is 0 Å². The molecule has 1 atom stereocenters. The van der Waals surface area contributed by atoms with Gasteiger partial charge in [0.2, 0.25) is 5.91 Å². The number of hydrogen-bond donors (Lipinski definition) is 1. The van der Waals surface area contributed by atoms with Gasteiger partial charge in [-0.15, -0.1) is 0 Å². The Morgan fingerprint density at radius 3 is 3.15 bits per heavy atom. The lowest BCUT2D eigenvalue weighted by atomic mass is 10.1. The molecule has 1 aromatic carbocycles. The molecule has 1 N–H and O–H groups in total. The SMILES string of the molecule is Cc1ccccc1OCCC(=O)N1CCCC1c1ncc2c(n1)CCNC2. The van der Waals surface area contributed by atoms with E-state index in [0.29, 0.717) is 13.0 Å². The molecule has 0 aliphatic carbocycles. The molecule has 0 radical (unpaired) electrons. The topological polar surface area (TPSA) is 67.3 Å². The van der Waals surface area contributed by atoms with Crippen LogP contribution in [0.3, 0.4) is 0 Å². The van der Waals surface area contributed by atoms with Crippen LogP contribution in [0.4, 0.5) is 0 Å². The van der Waals surface area contributed by atoms with Crippen LogP contribution < -0.4 is 10.1 Å². The summed E-state index contributed by atoms with van der Waals surface area (Å²) in [6.07, 6.45) is 5.15. The average Bonchev–Trinajstić information content (AvgIpc) is 3.19. The van der Waals surface area contributed by atoms with E-state index in [-0.39, 0.29) is 11.9 Å². The molecule has 1 saturated heterocycles. The van der Waals surface area contributed by atoms with E-state index in [4.69, 9.17) is 9.72 Å². The highest BCUT2D eigenvalue weighted by Crippen LogP contribution is 2.31. The molecule has 142 valence electrons. The Morgan fingerprint density at radius 2 is 2.26 bits per heavy atom. The van der Waals surface area contributed by atoms with Crippen molar-refractivity contribution < 1.29 is 9.53 Å². The fourth-order valence-electron chi connectivity index (χ4n) is 3.86. The Kier molecular flexibility index (Phi) is 5.34. The zero-order valence-corrected chi connectivity index (χ0v) is 15.8. The molecule has 6 nitrogen and oxygen atoms in total. The first kappa shape index (κ1) is 17.9. The highest BCUT2D eigenvalue weighted by Gasteiger charge is 2.32. The lowest BCUT2D eigenvalue weighted by molar-refractivity contribution is -0.132. The average molecular weight is 366 g/mol. The summed E-state index contributed by atoms with van der Waals surface area (Å²) in [7, 11) is 0. The number of fused-ring (bicyclic) bond motifs is 1. The fourth-order valence-corrected chi connectivity index (χ4v) is 3.86. The van der Waals surface area contributed by atoms with E-state index in [1.54, 1.807) is 0 Å². The van der Waals surface area contributed by atoms with Crippen LogP contribution >= 0.6 is 0 Å². The highest BCUT2D eigenvalue weighted by molar-refractivity contribution is 5.77. The van der Waals surface area contributed by atoms with Gasteiger partial charge in [-0.05, 0) is 31.4 Å². The second-order valence-corrected chi connectivity index (χ2v) is 7.24. The number of carbonyl (C=O) groups is 1. The summed E-state index contributed by atoms with van der Waals surface area (Å²) in [6, 6.07) is 7.88. The molecule has 6 heteroatoms. The van der Waals surface area contributed by atoms with Gasteiger partial charge in [0.05, 0.1) is 19.1 Å². The Bertz CT molecular complexity index is 824. The normalized spacial score (nSPS) is 19.0. The Morgan fingerprint density at radius 1 is 1.37 bits per heavy atom. The van der Waals surface area contributed by atoms with Gasteiger partial charge >= 0.3 is 0 Å². The van der Waals surface area contributed by atoms with Crippen LogP contribution in [0, 0.1) is 6.92 Å². The molecule has 1 unspecified atom stereocenters. The number of ether oxygens (including phenoxy) is 1. The molecule has 27 heavy (non-hydrogen) atoms. The van der Waals surface area contributed by atoms with Gasteiger partial charge in [-0.2, -0.15) is 0 Å². The molecular weight excluding hydrogens is 340 g/mol. The van der Waals surface area contributed by atoms with Gasteiger partial charge in [-0.3, -0.25) is 4.79 Å². The number of nitrogens with one attached hydrogen (secondary N) is 1. The molecule has 2 aliphatic heterocycles. The smallest absolute Gasteiger partial charge is 0.226 e. The van der Waals surface area contributed by atoms with E-state index in [0.717, 1.165) is 61.7 Å². The number of hydrogen-bond acceptors (Lipinski definition) is 5. The maximum atomic E-state index is 12.8. The summed E-state index contributed by atoms with van der Waals surface area (Å²) in [6.45, 7) is 4.96. The van der Waals surface area contributed by atoms with Crippen molar-refractivity contribution >= 4 is 5.91 Å². The minimum atomic E-state index is -0.00357. The second-order valence-electron chi connectivity index (χ2n) is 7.24. The van der Waals surface area contributed by atoms with Crippen molar-refractivity contribution in [2.75, 3.05) is 19.7 Å². The van der Waals surface area contributed by atoms with E-state index in [1.165, 1.54) is 5.56 Å². The summed E-state index contributed by atoms with van der Waals surface area (Å²) >= 11 is 0. The third kappa shape index (κ3) is 3.95. The van der Waals surface area contributed by atoms with Gasteiger partial charge in [0.25, 0.3) is 0 Å². The maximum absolute atomic E-state index is 12.8. The summed E-state index contributed by atoms with van der Waals surface area (Å²) < 4.78 is 5.80. The Labute approximate surface area is 160 Å². The highest BCUT2D eigenvalue weighted by atomic mass is 16.5. The van der Waals surface area contributed by atoms with Crippen LogP contribution in [0.5, 0.6) is 5.75 Å². The van der Waals surface area contributed by atoms with Crippen molar-refractivity contribution in [3.63, 3.8) is 0 Å². The number of carbonyl (C=O) groups excluding carboxylic acids is 1. The van der Waals surface area contributed by atoms with Gasteiger partial charge in [0.1, 0.15) is 5.75 Å². The summed E-state index contributed by atoms with van der Waals surface area (Å²) in [5.41, 5.74) is 3.38. The Balaban J connectivity index is 1.39. The molecule has 1 fully saturated rings. The van der Waals surface area contributed by atoms with Crippen LogP contribution in [0.2, 0.25) is 0 Å². The Hall–Kier alpha value is -2.47. The number of benzene rings is 1. The number of aryl methyl sites for hydroxylation is 1. The summed E-state index contributed by atoms with van der Waals surface area (Å²) in [5.74, 6) is 1.75. The number of amides is 1. The number of rotatable bonds is 5. The van der Waals surface area contributed by atoms with Crippen molar-refractivity contribution in [1.29, 1.82) is 0 Å². The summed E-state index contributed by atoms with van der Waals surface area (Å²) in [5, 5.41) is 3.34. The van der Waals surface area contributed by atoms with Crippen LogP contribution in [-0.4, -0.2) is 40.5 Å². The van der Waals surface area contributed by atoms with Crippen molar-refractivity contribution in [1.82, 2.24) is 20.2 Å². The minimum absolute atomic E-state index is 0.00357. The van der Waals surface area contributed by atoms with Crippen molar-refractivity contribution in [2.45, 2.75) is 45.2 Å². The van der Waals surface area contributed by atoms with Crippen molar-refractivity contribution in [2.24, 2.45) is 0 Å². The lowest BCUT2D eigenvalue weighted by Gasteiger charge is -2.25. The van der Waals surface area contributed by atoms with Gasteiger partial charge in [0.15, 0.2) is 5.82 Å². The fraction of sp³-hybridized carbons (Fsp3) is 0.476. The number of nitrogens with zero attached hydrogens (tertiary/aromatic N) is 3. The predicted molar refractivity (Wildman–Crippen MR) is 102 cm³/mol. The molecule has 3 heterocycles. The number of para-hydroxylation sites is 1. The van der Waals surface area contributed by atoms with Gasteiger partial charge in [0, 0.05) is 43.5 Å². The quantitative estimate of drug-likeness (QED) is 0.881. The predicted octanol–water partition coefficient (Wildman–Crippen LogP) is 2.56. The zero-order valence-electron chi connectivity index (χ0n) is 15.8. The minimum Gasteiger partial charge on any atom is -0.493 e. The van der Waals surface area contributed by atoms with Crippen LogP contribution in [0.1, 0.15) is 47.9 Å². The number of likely N-dealkylation sites (tertiary alicyclic amines) is 1. The van der Waals surface area contributed by atoms with E-state index >= 15 is 0 Å². The molecule has 2 aliphatic rings. The molecule has 1 amide bonds. The zero-order chi connectivity index (χ0) is 18.6.